The maximum absolute atomic E-state index is 11.8. The Bertz CT molecular complexity index is 429. The van der Waals surface area contributed by atoms with Crippen LogP contribution >= 0.6 is 0 Å². The lowest BCUT2D eigenvalue weighted by Gasteiger charge is -2.30. The molecule has 1 atom stereocenters. The van der Waals surface area contributed by atoms with Crippen molar-refractivity contribution in [1.82, 2.24) is 4.90 Å². The fraction of sp³-hybridized carbons (Fsp3) is 0.462. The Kier molecular flexibility index (Phi) is 3.33. The quantitative estimate of drug-likeness (QED) is 0.828. The Morgan fingerprint density at radius 2 is 2.24 bits per heavy atom. The summed E-state index contributed by atoms with van der Waals surface area (Å²) in [6.07, 6.45) is 0.887. The largest absolute Gasteiger partial charge is 0.497 e. The monoisotopic (exact) mass is 234 g/mol. The summed E-state index contributed by atoms with van der Waals surface area (Å²) < 4.78 is 5.20. The fourth-order valence-corrected chi connectivity index (χ4v) is 2.14. The molecule has 2 rings (SSSR count). The molecule has 17 heavy (non-hydrogen) atoms. The fourth-order valence-electron chi connectivity index (χ4n) is 2.14. The molecule has 0 saturated carbocycles. The Morgan fingerprint density at radius 1 is 1.47 bits per heavy atom. The number of ether oxygens (including phenoxy) is 1. The number of methoxy groups -OCH3 is 1. The van der Waals surface area contributed by atoms with E-state index in [1.165, 1.54) is 5.56 Å². The lowest BCUT2D eigenvalue weighted by molar-refractivity contribution is -0.133. The molecule has 0 radical (unpaired) electrons. The van der Waals surface area contributed by atoms with Crippen molar-refractivity contribution in [3.63, 3.8) is 0 Å². The number of fused-ring (bicyclic) bond motifs is 1. The van der Waals surface area contributed by atoms with Crippen molar-refractivity contribution >= 4 is 5.91 Å². The predicted molar refractivity (Wildman–Crippen MR) is 65.8 cm³/mol. The number of carbonyl (C=O) groups excluding carboxylic acids is 1. The van der Waals surface area contributed by atoms with Crippen molar-refractivity contribution in [1.29, 1.82) is 0 Å². The van der Waals surface area contributed by atoms with Crippen molar-refractivity contribution in [2.75, 3.05) is 13.7 Å². The summed E-state index contributed by atoms with van der Waals surface area (Å²) >= 11 is 0. The summed E-state index contributed by atoms with van der Waals surface area (Å²) in [5.74, 6) is 0.845. The Labute approximate surface area is 101 Å². The first kappa shape index (κ1) is 11.9. The van der Waals surface area contributed by atoms with E-state index in [1.807, 2.05) is 17.0 Å². The second-order valence-corrected chi connectivity index (χ2v) is 4.43. The molecule has 4 heteroatoms. The number of benzene rings is 1. The van der Waals surface area contributed by atoms with Crippen molar-refractivity contribution in [3.8, 4) is 5.75 Å². The van der Waals surface area contributed by atoms with Crippen LogP contribution in [0.3, 0.4) is 0 Å². The van der Waals surface area contributed by atoms with E-state index in [2.05, 4.69) is 6.07 Å². The van der Waals surface area contributed by atoms with Crippen LogP contribution in [0.25, 0.3) is 0 Å². The third-order valence-electron chi connectivity index (χ3n) is 3.13. The molecule has 0 spiro atoms. The summed E-state index contributed by atoms with van der Waals surface area (Å²) in [5.41, 5.74) is 8.08. The van der Waals surface area contributed by atoms with Gasteiger partial charge in [0, 0.05) is 13.1 Å². The van der Waals surface area contributed by atoms with Crippen LogP contribution in [0.15, 0.2) is 18.2 Å². The normalized spacial score (nSPS) is 16.3. The van der Waals surface area contributed by atoms with Gasteiger partial charge in [-0.25, -0.2) is 0 Å². The zero-order valence-electron chi connectivity index (χ0n) is 10.3. The third kappa shape index (κ3) is 2.42. The maximum Gasteiger partial charge on any atom is 0.239 e. The number of carbonyl (C=O) groups is 1. The predicted octanol–water partition coefficient (Wildman–Crippen LogP) is 0.927. The molecule has 1 aromatic rings. The minimum atomic E-state index is -0.429. The molecule has 92 valence electrons. The van der Waals surface area contributed by atoms with Crippen molar-refractivity contribution in [2.24, 2.45) is 5.73 Å². The molecule has 0 saturated heterocycles. The highest BCUT2D eigenvalue weighted by molar-refractivity contribution is 5.81. The van der Waals surface area contributed by atoms with E-state index in [0.717, 1.165) is 24.3 Å². The Morgan fingerprint density at radius 3 is 2.88 bits per heavy atom. The van der Waals surface area contributed by atoms with Gasteiger partial charge in [-0.05, 0) is 36.6 Å². The smallest absolute Gasteiger partial charge is 0.239 e. The molecule has 1 heterocycles. The molecule has 1 aliphatic rings. The molecule has 1 amide bonds. The van der Waals surface area contributed by atoms with Gasteiger partial charge in [-0.3, -0.25) is 4.79 Å². The number of amides is 1. The lowest BCUT2D eigenvalue weighted by atomic mass is 9.99. The maximum atomic E-state index is 11.8. The molecular formula is C13H18N2O2. The van der Waals surface area contributed by atoms with Gasteiger partial charge in [-0.15, -0.1) is 0 Å². The van der Waals surface area contributed by atoms with Gasteiger partial charge in [0.2, 0.25) is 5.91 Å². The molecule has 4 nitrogen and oxygen atoms in total. The standard InChI is InChI=1S/C13H18N2O2/c1-9(14)13(16)15-6-5-10-3-4-12(17-2)7-11(10)8-15/h3-4,7,9H,5-6,8,14H2,1-2H3. The first-order valence-electron chi connectivity index (χ1n) is 5.82. The Balaban J connectivity index is 2.19. The SMILES string of the molecule is COc1ccc2c(c1)CN(C(=O)C(C)N)CC2. The van der Waals surface area contributed by atoms with Crippen molar-refractivity contribution in [3.05, 3.63) is 29.3 Å². The zero-order chi connectivity index (χ0) is 12.4. The highest BCUT2D eigenvalue weighted by Gasteiger charge is 2.22. The summed E-state index contributed by atoms with van der Waals surface area (Å²) in [5, 5.41) is 0. The number of nitrogens with zero attached hydrogens (tertiary/aromatic N) is 1. The van der Waals surface area contributed by atoms with E-state index in [0.29, 0.717) is 6.54 Å². The van der Waals surface area contributed by atoms with Crippen LogP contribution in [0.1, 0.15) is 18.1 Å². The molecule has 0 fully saturated rings. The minimum Gasteiger partial charge on any atom is -0.497 e. The van der Waals surface area contributed by atoms with Gasteiger partial charge in [-0.2, -0.15) is 0 Å². The van der Waals surface area contributed by atoms with Crippen molar-refractivity contribution in [2.45, 2.75) is 25.9 Å². The first-order valence-corrected chi connectivity index (χ1v) is 5.82. The number of hydrogen-bond donors (Lipinski definition) is 1. The van der Waals surface area contributed by atoms with E-state index in [9.17, 15) is 4.79 Å². The summed E-state index contributed by atoms with van der Waals surface area (Å²) in [6.45, 7) is 3.11. The third-order valence-corrected chi connectivity index (χ3v) is 3.13. The Hall–Kier alpha value is -1.55. The summed E-state index contributed by atoms with van der Waals surface area (Å²) in [7, 11) is 1.65. The van der Waals surface area contributed by atoms with E-state index >= 15 is 0 Å². The van der Waals surface area contributed by atoms with E-state index in [4.69, 9.17) is 10.5 Å². The van der Waals surface area contributed by atoms with Crippen LogP contribution in [0.2, 0.25) is 0 Å². The second-order valence-electron chi connectivity index (χ2n) is 4.43. The van der Waals surface area contributed by atoms with Gasteiger partial charge in [-0.1, -0.05) is 6.07 Å². The molecule has 0 aliphatic carbocycles. The van der Waals surface area contributed by atoms with E-state index in [1.54, 1.807) is 14.0 Å². The van der Waals surface area contributed by atoms with Crippen LogP contribution in [0, 0.1) is 0 Å². The highest BCUT2D eigenvalue weighted by Crippen LogP contribution is 2.23. The van der Waals surface area contributed by atoms with Gasteiger partial charge in [0.05, 0.1) is 13.2 Å². The molecule has 0 aromatic heterocycles. The summed E-state index contributed by atoms with van der Waals surface area (Å²) in [6, 6.07) is 5.60. The van der Waals surface area contributed by atoms with Gasteiger partial charge in [0.1, 0.15) is 5.75 Å². The zero-order valence-corrected chi connectivity index (χ0v) is 10.3. The topological polar surface area (TPSA) is 55.6 Å². The highest BCUT2D eigenvalue weighted by atomic mass is 16.5. The minimum absolute atomic E-state index is 0.0125. The average molecular weight is 234 g/mol. The van der Waals surface area contributed by atoms with Crippen LogP contribution < -0.4 is 10.5 Å². The molecule has 1 aromatic carbocycles. The molecule has 2 N–H and O–H groups in total. The summed E-state index contributed by atoms with van der Waals surface area (Å²) in [4.78, 5) is 13.6. The van der Waals surface area contributed by atoms with Gasteiger partial charge in [0.15, 0.2) is 0 Å². The molecule has 0 bridgehead atoms. The van der Waals surface area contributed by atoms with E-state index in [-0.39, 0.29) is 5.91 Å². The van der Waals surface area contributed by atoms with Crippen LogP contribution in [-0.2, 0) is 17.8 Å². The number of rotatable bonds is 2. The second kappa shape index (κ2) is 4.75. The molecular weight excluding hydrogens is 216 g/mol. The molecule has 1 unspecified atom stereocenters. The van der Waals surface area contributed by atoms with E-state index < -0.39 is 6.04 Å². The first-order chi connectivity index (χ1) is 8.11. The van der Waals surface area contributed by atoms with Crippen LogP contribution in [0.4, 0.5) is 0 Å². The van der Waals surface area contributed by atoms with Gasteiger partial charge < -0.3 is 15.4 Å². The van der Waals surface area contributed by atoms with Crippen LogP contribution in [0.5, 0.6) is 5.75 Å². The number of hydrogen-bond acceptors (Lipinski definition) is 3. The van der Waals surface area contributed by atoms with Gasteiger partial charge >= 0.3 is 0 Å². The average Bonchev–Trinajstić information content (AvgIpc) is 2.36. The van der Waals surface area contributed by atoms with Crippen LogP contribution in [-0.4, -0.2) is 30.5 Å². The lowest BCUT2D eigenvalue weighted by Crippen LogP contribution is -2.44. The number of nitrogens with two attached hydrogens (primary N) is 1. The van der Waals surface area contributed by atoms with Gasteiger partial charge in [0.25, 0.3) is 0 Å². The van der Waals surface area contributed by atoms with Crippen molar-refractivity contribution < 1.29 is 9.53 Å². The molecule has 1 aliphatic heterocycles.